The van der Waals surface area contributed by atoms with Crippen LogP contribution in [0.5, 0.6) is 0 Å². The monoisotopic (exact) mass is 308 g/mol. The van der Waals surface area contributed by atoms with E-state index in [9.17, 15) is 0 Å². The number of benzene rings is 1. The second-order valence-electron chi connectivity index (χ2n) is 4.31. The zero-order valence-electron chi connectivity index (χ0n) is 10.7. The van der Waals surface area contributed by atoms with Crippen molar-refractivity contribution in [2.75, 3.05) is 0 Å². The van der Waals surface area contributed by atoms with Gasteiger partial charge >= 0.3 is 0 Å². The van der Waals surface area contributed by atoms with Gasteiger partial charge in [0.25, 0.3) is 0 Å². The minimum atomic E-state index is 0.417. The van der Waals surface area contributed by atoms with Crippen LogP contribution in [-0.2, 0) is 13.1 Å². The summed E-state index contributed by atoms with van der Waals surface area (Å²) in [6.07, 6.45) is 1.03. The van der Waals surface area contributed by atoms with Gasteiger partial charge in [0, 0.05) is 16.6 Å². The number of hydrogen-bond acceptors (Lipinski definition) is 3. The molecule has 18 heavy (non-hydrogen) atoms. The van der Waals surface area contributed by atoms with E-state index < -0.39 is 0 Å². The minimum absolute atomic E-state index is 0.417. The third-order valence-corrected chi connectivity index (χ3v) is 3.22. The number of rotatable bonds is 4. The molecule has 5 heteroatoms. The van der Waals surface area contributed by atoms with Crippen molar-refractivity contribution in [3.8, 4) is 11.4 Å². The standard InChI is InChI=1S/C13H17BrN4/c1-3-4-18-12(8-15)16-17-13(18)10-5-9(2)6-11(14)7-10/h5-7H,3-4,8,15H2,1-2H3. The molecule has 2 rings (SSSR count). The van der Waals surface area contributed by atoms with E-state index in [0.717, 1.165) is 34.7 Å². The number of aryl methyl sites for hydroxylation is 1. The van der Waals surface area contributed by atoms with Gasteiger partial charge in [-0.25, -0.2) is 0 Å². The Balaban J connectivity index is 2.52. The van der Waals surface area contributed by atoms with E-state index in [2.05, 4.69) is 62.7 Å². The molecule has 0 fully saturated rings. The van der Waals surface area contributed by atoms with Crippen LogP contribution in [0.4, 0.5) is 0 Å². The highest BCUT2D eigenvalue weighted by molar-refractivity contribution is 9.10. The zero-order valence-corrected chi connectivity index (χ0v) is 12.2. The van der Waals surface area contributed by atoms with Crippen molar-refractivity contribution >= 4 is 15.9 Å². The van der Waals surface area contributed by atoms with E-state index in [-0.39, 0.29) is 0 Å². The zero-order chi connectivity index (χ0) is 13.1. The van der Waals surface area contributed by atoms with Crippen molar-refractivity contribution in [3.63, 3.8) is 0 Å². The molecule has 0 atom stereocenters. The predicted molar refractivity (Wildman–Crippen MR) is 76.1 cm³/mol. The van der Waals surface area contributed by atoms with E-state index in [1.54, 1.807) is 0 Å². The molecule has 0 saturated carbocycles. The fourth-order valence-electron chi connectivity index (χ4n) is 2.02. The van der Waals surface area contributed by atoms with Crippen molar-refractivity contribution in [3.05, 3.63) is 34.1 Å². The van der Waals surface area contributed by atoms with Crippen molar-refractivity contribution in [1.82, 2.24) is 14.8 Å². The first-order valence-corrected chi connectivity index (χ1v) is 6.84. The molecule has 2 aromatic rings. The van der Waals surface area contributed by atoms with Crippen LogP contribution >= 0.6 is 15.9 Å². The molecule has 0 bridgehead atoms. The average Bonchev–Trinajstić information content (AvgIpc) is 2.71. The molecule has 1 aromatic carbocycles. The molecule has 0 aliphatic heterocycles. The van der Waals surface area contributed by atoms with Crippen LogP contribution in [0.25, 0.3) is 11.4 Å². The van der Waals surface area contributed by atoms with Gasteiger partial charge in [0.1, 0.15) is 5.82 Å². The Morgan fingerprint density at radius 3 is 2.67 bits per heavy atom. The average molecular weight is 309 g/mol. The number of aromatic nitrogens is 3. The Morgan fingerprint density at radius 2 is 2.06 bits per heavy atom. The van der Waals surface area contributed by atoms with Gasteiger partial charge in [-0.2, -0.15) is 0 Å². The van der Waals surface area contributed by atoms with Gasteiger partial charge in [-0.15, -0.1) is 10.2 Å². The molecule has 96 valence electrons. The molecule has 0 aliphatic carbocycles. The maximum absolute atomic E-state index is 5.70. The van der Waals surface area contributed by atoms with Crippen LogP contribution in [0.3, 0.4) is 0 Å². The lowest BCUT2D eigenvalue weighted by Gasteiger charge is -2.09. The summed E-state index contributed by atoms with van der Waals surface area (Å²) in [5.41, 5.74) is 7.97. The molecule has 0 saturated heterocycles. The molecule has 4 nitrogen and oxygen atoms in total. The maximum Gasteiger partial charge on any atom is 0.164 e. The van der Waals surface area contributed by atoms with Crippen LogP contribution in [0.15, 0.2) is 22.7 Å². The fraction of sp³-hybridized carbons (Fsp3) is 0.385. The molecular formula is C13H17BrN4. The van der Waals surface area contributed by atoms with Crippen LogP contribution in [0.2, 0.25) is 0 Å². The Hall–Kier alpha value is -1.20. The SMILES string of the molecule is CCCn1c(CN)nnc1-c1cc(C)cc(Br)c1. The van der Waals surface area contributed by atoms with Crippen molar-refractivity contribution in [2.24, 2.45) is 5.73 Å². The number of nitrogens with zero attached hydrogens (tertiary/aromatic N) is 3. The predicted octanol–water partition coefficient (Wildman–Crippen LogP) is 2.88. The van der Waals surface area contributed by atoms with Crippen LogP contribution < -0.4 is 5.73 Å². The topological polar surface area (TPSA) is 56.7 Å². The van der Waals surface area contributed by atoms with E-state index in [0.29, 0.717) is 6.54 Å². The lowest BCUT2D eigenvalue weighted by Crippen LogP contribution is -2.09. The highest BCUT2D eigenvalue weighted by Gasteiger charge is 2.12. The second kappa shape index (κ2) is 5.63. The van der Waals surface area contributed by atoms with Gasteiger partial charge in [-0.05, 0) is 37.1 Å². The quantitative estimate of drug-likeness (QED) is 0.945. The van der Waals surface area contributed by atoms with Gasteiger partial charge in [0.2, 0.25) is 0 Å². The summed E-state index contributed by atoms with van der Waals surface area (Å²) in [6.45, 7) is 5.51. The molecule has 0 aliphatic rings. The Kier molecular flexibility index (Phi) is 4.14. The van der Waals surface area contributed by atoms with Gasteiger partial charge in [-0.3, -0.25) is 0 Å². The van der Waals surface area contributed by atoms with E-state index >= 15 is 0 Å². The Morgan fingerprint density at radius 1 is 1.28 bits per heavy atom. The second-order valence-corrected chi connectivity index (χ2v) is 5.23. The number of hydrogen-bond donors (Lipinski definition) is 1. The van der Waals surface area contributed by atoms with E-state index in [1.165, 1.54) is 5.56 Å². The number of nitrogens with two attached hydrogens (primary N) is 1. The van der Waals surface area contributed by atoms with Crippen LogP contribution in [0, 0.1) is 6.92 Å². The van der Waals surface area contributed by atoms with Crippen molar-refractivity contribution in [2.45, 2.75) is 33.4 Å². The summed E-state index contributed by atoms with van der Waals surface area (Å²) < 4.78 is 3.15. The van der Waals surface area contributed by atoms with Gasteiger partial charge < -0.3 is 10.3 Å². The molecule has 0 radical (unpaired) electrons. The first-order valence-electron chi connectivity index (χ1n) is 6.05. The summed E-state index contributed by atoms with van der Waals surface area (Å²) in [5.74, 6) is 1.73. The van der Waals surface area contributed by atoms with Crippen molar-refractivity contribution in [1.29, 1.82) is 0 Å². The molecule has 1 heterocycles. The third kappa shape index (κ3) is 2.62. The Bertz CT molecular complexity index is 528. The molecule has 2 N–H and O–H groups in total. The highest BCUT2D eigenvalue weighted by atomic mass is 79.9. The molecule has 1 aromatic heterocycles. The van der Waals surface area contributed by atoms with Gasteiger partial charge in [-0.1, -0.05) is 22.9 Å². The summed E-state index contributed by atoms with van der Waals surface area (Å²) in [4.78, 5) is 0. The maximum atomic E-state index is 5.70. The molecule has 0 unspecified atom stereocenters. The summed E-state index contributed by atoms with van der Waals surface area (Å²) in [6, 6.07) is 6.25. The first kappa shape index (κ1) is 13.2. The lowest BCUT2D eigenvalue weighted by atomic mass is 10.1. The van der Waals surface area contributed by atoms with Crippen LogP contribution in [0.1, 0.15) is 24.7 Å². The smallest absolute Gasteiger partial charge is 0.164 e. The van der Waals surface area contributed by atoms with E-state index in [4.69, 9.17) is 5.73 Å². The molecule has 0 amide bonds. The fourth-order valence-corrected chi connectivity index (χ4v) is 2.63. The van der Waals surface area contributed by atoms with Crippen LogP contribution in [-0.4, -0.2) is 14.8 Å². The number of halogens is 1. The Labute approximate surface area is 115 Å². The largest absolute Gasteiger partial charge is 0.324 e. The first-order chi connectivity index (χ1) is 8.65. The van der Waals surface area contributed by atoms with Crippen molar-refractivity contribution < 1.29 is 0 Å². The minimum Gasteiger partial charge on any atom is -0.324 e. The highest BCUT2D eigenvalue weighted by Crippen LogP contribution is 2.24. The summed E-state index contributed by atoms with van der Waals surface area (Å²) in [7, 11) is 0. The summed E-state index contributed by atoms with van der Waals surface area (Å²) in [5, 5.41) is 8.43. The third-order valence-electron chi connectivity index (χ3n) is 2.76. The normalized spacial score (nSPS) is 10.9. The lowest BCUT2D eigenvalue weighted by molar-refractivity contribution is 0.644. The molecule has 0 spiro atoms. The van der Waals surface area contributed by atoms with Gasteiger partial charge in [0.05, 0.1) is 6.54 Å². The van der Waals surface area contributed by atoms with Gasteiger partial charge in [0.15, 0.2) is 5.82 Å². The summed E-state index contributed by atoms with van der Waals surface area (Å²) >= 11 is 3.52. The molecular weight excluding hydrogens is 292 g/mol. The van der Waals surface area contributed by atoms with E-state index in [1.807, 2.05) is 0 Å².